The lowest BCUT2D eigenvalue weighted by molar-refractivity contribution is -0.402. The second-order valence-electron chi connectivity index (χ2n) is 5.81. The molecule has 8 nitrogen and oxygen atoms in total. The molecule has 0 bridgehead atoms. The average molecular weight is 345 g/mol. The van der Waals surface area contributed by atoms with Crippen molar-refractivity contribution in [1.29, 1.82) is 0 Å². The number of piperazine rings is 1. The summed E-state index contributed by atoms with van der Waals surface area (Å²) in [5, 5.41) is 10.6. The van der Waals surface area contributed by atoms with Crippen molar-refractivity contribution in [3.63, 3.8) is 0 Å². The highest BCUT2D eigenvalue weighted by molar-refractivity contribution is 5.91. The van der Waals surface area contributed by atoms with Crippen molar-refractivity contribution in [2.45, 2.75) is 6.54 Å². The summed E-state index contributed by atoms with van der Waals surface area (Å²) in [6.45, 7) is 3.34. The van der Waals surface area contributed by atoms with Crippen molar-refractivity contribution in [2.24, 2.45) is 0 Å². The molecule has 1 saturated heterocycles. The zero-order valence-electron chi connectivity index (χ0n) is 13.9. The van der Waals surface area contributed by atoms with E-state index in [1.54, 1.807) is 12.0 Å². The van der Waals surface area contributed by atoms with E-state index in [-0.39, 0.29) is 11.7 Å². The second-order valence-corrected chi connectivity index (χ2v) is 5.81. The van der Waals surface area contributed by atoms with Gasteiger partial charge in [0, 0.05) is 32.7 Å². The monoisotopic (exact) mass is 345 g/mol. The quantitative estimate of drug-likeness (QED) is 0.609. The molecule has 1 aromatic carbocycles. The van der Waals surface area contributed by atoms with Crippen molar-refractivity contribution in [3.05, 3.63) is 57.8 Å². The van der Waals surface area contributed by atoms with Crippen molar-refractivity contribution >= 4 is 11.8 Å². The number of methoxy groups -OCH3 is 1. The molecule has 0 spiro atoms. The Labute approximate surface area is 144 Å². The smallest absolute Gasteiger partial charge is 0.433 e. The van der Waals surface area contributed by atoms with Gasteiger partial charge in [0.05, 0.1) is 13.2 Å². The Bertz CT molecular complexity index is 765. The lowest BCUT2D eigenvalue weighted by Gasteiger charge is -2.34. The minimum atomic E-state index is -0.650. The van der Waals surface area contributed by atoms with Gasteiger partial charge < -0.3 is 14.1 Å². The van der Waals surface area contributed by atoms with Crippen LogP contribution in [-0.4, -0.2) is 53.9 Å². The molecule has 1 aliphatic rings. The SMILES string of the molecule is COc1cccc(CN2CCN(C(=O)c3ccc([N+](=O)[O-])o3)CC2)c1. The van der Waals surface area contributed by atoms with Gasteiger partial charge in [-0.2, -0.15) is 0 Å². The third-order valence-electron chi connectivity index (χ3n) is 4.18. The minimum absolute atomic E-state index is 0.00736. The Morgan fingerprint density at radius 1 is 1.24 bits per heavy atom. The highest BCUT2D eigenvalue weighted by atomic mass is 16.6. The van der Waals surface area contributed by atoms with Crippen molar-refractivity contribution in [1.82, 2.24) is 9.80 Å². The first-order valence-electron chi connectivity index (χ1n) is 7.95. The van der Waals surface area contributed by atoms with E-state index in [0.29, 0.717) is 13.1 Å². The van der Waals surface area contributed by atoms with E-state index in [1.807, 2.05) is 24.3 Å². The second kappa shape index (κ2) is 7.35. The third kappa shape index (κ3) is 3.97. The van der Waals surface area contributed by atoms with E-state index < -0.39 is 10.8 Å². The van der Waals surface area contributed by atoms with Crippen molar-refractivity contribution in [2.75, 3.05) is 33.3 Å². The van der Waals surface area contributed by atoms with E-state index in [1.165, 1.54) is 12.1 Å². The maximum absolute atomic E-state index is 12.4. The van der Waals surface area contributed by atoms with Crippen LogP contribution in [0.3, 0.4) is 0 Å². The number of nitro groups is 1. The maximum Gasteiger partial charge on any atom is 0.433 e. The zero-order valence-corrected chi connectivity index (χ0v) is 13.9. The molecule has 0 aliphatic carbocycles. The third-order valence-corrected chi connectivity index (χ3v) is 4.18. The van der Waals surface area contributed by atoms with E-state index in [2.05, 4.69) is 4.90 Å². The first-order chi connectivity index (χ1) is 12.1. The van der Waals surface area contributed by atoms with Crippen LogP contribution < -0.4 is 4.74 Å². The molecule has 25 heavy (non-hydrogen) atoms. The molecule has 0 saturated carbocycles. The Morgan fingerprint density at radius 3 is 2.64 bits per heavy atom. The number of benzene rings is 1. The first-order valence-corrected chi connectivity index (χ1v) is 7.95. The summed E-state index contributed by atoms with van der Waals surface area (Å²) in [6.07, 6.45) is 0. The topological polar surface area (TPSA) is 89.1 Å². The fourth-order valence-corrected chi connectivity index (χ4v) is 2.83. The molecular weight excluding hydrogens is 326 g/mol. The van der Waals surface area contributed by atoms with Gasteiger partial charge in [-0.05, 0) is 23.8 Å². The largest absolute Gasteiger partial charge is 0.497 e. The van der Waals surface area contributed by atoms with Crippen LogP contribution in [0.5, 0.6) is 5.75 Å². The average Bonchev–Trinajstić information content (AvgIpc) is 3.12. The first kappa shape index (κ1) is 17.0. The number of furan rings is 1. The highest BCUT2D eigenvalue weighted by Gasteiger charge is 2.26. The van der Waals surface area contributed by atoms with Gasteiger partial charge in [0.2, 0.25) is 0 Å². The number of nitrogens with zero attached hydrogens (tertiary/aromatic N) is 3. The van der Waals surface area contributed by atoms with Gasteiger partial charge in [-0.3, -0.25) is 19.8 Å². The molecule has 1 aliphatic heterocycles. The Morgan fingerprint density at radius 2 is 2.00 bits per heavy atom. The lowest BCUT2D eigenvalue weighted by Crippen LogP contribution is -2.48. The van der Waals surface area contributed by atoms with E-state index in [0.717, 1.165) is 30.9 Å². The van der Waals surface area contributed by atoms with Gasteiger partial charge >= 0.3 is 5.88 Å². The maximum atomic E-state index is 12.4. The van der Waals surface area contributed by atoms with Crippen molar-refractivity contribution < 1.29 is 18.9 Å². The summed E-state index contributed by atoms with van der Waals surface area (Å²) >= 11 is 0. The zero-order chi connectivity index (χ0) is 17.8. The molecule has 1 aromatic heterocycles. The van der Waals surface area contributed by atoms with Gasteiger partial charge in [-0.1, -0.05) is 12.1 Å². The van der Waals surface area contributed by atoms with Crippen LogP contribution >= 0.6 is 0 Å². The normalized spacial score (nSPS) is 15.2. The number of rotatable bonds is 5. The van der Waals surface area contributed by atoms with Crippen LogP contribution in [0.25, 0.3) is 0 Å². The summed E-state index contributed by atoms with van der Waals surface area (Å²) < 4.78 is 10.2. The predicted molar refractivity (Wildman–Crippen MR) is 89.5 cm³/mol. The predicted octanol–water partition coefficient (Wildman–Crippen LogP) is 2.15. The van der Waals surface area contributed by atoms with Gasteiger partial charge in [0.1, 0.15) is 10.7 Å². The fraction of sp³-hybridized carbons (Fsp3) is 0.353. The van der Waals surface area contributed by atoms with Crippen LogP contribution in [0.15, 0.2) is 40.8 Å². The number of carbonyl (C=O) groups excluding carboxylic acids is 1. The molecule has 1 amide bonds. The molecular formula is C17H19N3O5. The van der Waals surface area contributed by atoms with E-state index in [4.69, 9.17) is 9.15 Å². The number of hydrogen-bond donors (Lipinski definition) is 0. The minimum Gasteiger partial charge on any atom is -0.497 e. The van der Waals surface area contributed by atoms with Crippen LogP contribution in [-0.2, 0) is 6.54 Å². The number of carbonyl (C=O) groups is 1. The molecule has 132 valence electrons. The Kier molecular flexibility index (Phi) is 4.99. The van der Waals surface area contributed by atoms with E-state index in [9.17, 15) is 14.9 Å². The Hall–Kier alpha value is -2.87. The molecule has 1 fully saturated rings. The lowest BCUT2D eigenvalue weighted by atomic mass is 10.2. The van der Waals surface area contributed by atoms with Crippen LogP contribution in [0.1, 0.15) is 16.1 Å². The van der Waals surface area contributed by atoms with Gasteiger partial charge in [0.25, 0.3) is 5.91 Å². The number of ether oxygens (including phenoxy) is 1. The summed E-state index contributed by atoms with van der Waals surface area (Å²) in [4.78, 5) is 26.3. The van der Waals surface area contributed by atoms with Gasteiger partial charge in [-0.25, -0.2) is 0 Å². The van der Waals surface area contributed by atoms with Crippen LogP contribution in [0.4, 0.5) is 5.88 Å². The Balaban J connectivity index is 1.55. The molecule has 2 heterocycles. The highest BCUT2D eigenvalue weighted by Crippen LogP contribution is 2.19. The van der Waals surface area contributed by atoms with E-state index >= 15 is 0 Å². The molecule has 0 radical (unpaired) electrons. The summed E-state index contributed by atoms with van der Waals surface area (Å²) in [7, 11) is 1.64. The summed E-state index contributed by atoms with van der Waals surface area (Å²) in [5.74, 6) is 0.104. The number of amides is 1. The number of hydrogen-bond acceptors (Lipinski definition) is 6. The molecule has 0 atom stereocenters. The van der Waals surface area contributed by atoms with Crippen molar-refractivity contribution in [3.8, 4) is 5.75 Å². The molecule has 0 N–H and O–H groups in total. The van der Waals surface area contributed by atoms with Crippen LogP contribution in [0, 0.1) is 10.1 Å². The molecule has 0 unspecified atom stereocenters. The fourth-order valence-electron chi connectivity index (χ4n) is 2.83. The molecule has 2 aromatic rings. The standard InChI is InChI=1S/C17H19N3O5/c1-24-14-4-2-3-13(11-14)12-18-7-9-19(10-8-18)17(21)15-5-6-16(25-15)20(22)23/h2-6,11H,7-10,12H2,1H3. The summed E-state index contributed by atoms with van der Waals surface area (Å²) in [5.41, 5.74) is 1.15. The molecule has 3 rings (SSSR count). The van der Waals surface area contributed by atoms with Crippen LogP contribution in [0.2, 0.25) is 0 Å². The van der Waals surface area contributed by atoms with Gasteiger partial charge in [-0.15, -0.1) is 0 Å². The van der Waals surface area contributed by atoms with Gasteiger partial charge in [0.15, 0.2) is 5.76 Å². The molecule has 8 heteroatoms. The summed E-state index contributed by atoms with van der Waals surface area (Å²) in [6, 6.07) is 10.5.